The van der Waals surface area contributed by atoms with Gasteiger partial charge in [0, 0.05) is 19.4 Å². The molecule has 0 aromatic carbocycles. The van der Waals surface area contributed by atoms with Crippen LogP contribution in [-0.2, 0) is 15.7 Å². The maximum absolute atomic E-state index is 13.3. The molecule has 0 aliphatic carbocycles. The molecule has 1 aromatic rings. The minimum atomic E-state index is -4.85. The van der Waals surface area contributed by atoms with Crippen LogP contribution in [0, 0.1) is 0 Å². The van der Waals surface area contributed by atoms with Crippen LogP contribution in [0.2, 0.25) is 0 Å². The van der Waals surface area contributed by atoms with E-state index in [2.05, 4.69) is 0 Å². The second-order valence-electron chi connectivity index (χ2n) is 6.05. The zero-order valence-corrected chi connectivity index (χ0v) is 13.1. The molecule has 0 radical (unpaired) electrons. The van der Waals surface area contributed by atoms with Crippen molar-refractivity contribution in [3.05, 3.63) is 32.6 Å². The van der Waals surface area contributed by atoms with Gasteiger partial charge in [0.05, 0.1) is 0 Å². The first-order valence-electron chi connectivity index (χ1n) is 8.07. The van der Waals surface area contributed by atoms with E-state index in [9.17, 15) is 22.8 Å². The van der Waals surface area contributed by atoms with Crippen molar-refractivity contribution < 1.29 is 22.6 Å². The molecule has 2 aliphatic heterocycles. The molecule has 3 heterocycles. The molecule has 2 saturated heterocycles. The number of alkyl halides is 3. The topological polar surface area (TPSA) is 62.5 Å². The van der Waals surface area contributed by atoms with Crippen molar-refractivity contribution in [2.75, 3.05) is 13.2 Å². The summed E-state index contributed by atoms with van der Waals surface area (Å²) >= 11 is 0. The number of hydrogen-bond donors (Lipinski definition) is 0. The molecule has 134 valence electrons. The summed E-state index contributed by atoms with van der Waals surface area (Å²) in [6, 6.07) is 0. The molecule has 2 aliphatic rings. The SMILES string of the molecule is O=c1c(C(F)(F)F)cn(C2CCCCO2)c(=O)n1C1CCCCO1. The van der Waals surface area contributed by atoms with Crippen LogP contribution in [0.25, 0.3) is 0 Å². The first-order valence-corrected chi connectivity index (χ1v) is 8.07. The molecule has 3 rings (SSSR count). The lowest BCUT2D eigenvalue weighted by molar-refractivity contribution is -0.141. The number of rotatable bonds is 2. The molecule has 2 atom stereocenters. The number of halogens is 3. The Kier molecular flexibility index (Phi) is 4.82. The fourth-order valence-corrected chi connectivity index (χ4v) is 3.12. The van der Waals surface area contributed by atoms with Gasteiger partial charge < -0.3 is 9.47 Å². The smallest absolute Gasteiger partial charge is 0.358 e. The Hall–Kier alpha value is -1.61. The summed E-state index contributed by atoms with van der Waals surface area (Å²) in [6.07, 6.45) is -2.27. The quantitative estimate of drug-likeness (QED) is 0.824. The largest absolute Gasteiger partial charge is 0.423 e. The molecule has 0 saturated carbocycles. The van der Waals surface area contributed by atoms with Gasteiger partial charge in [0.2, 0.25) is 0 Å². The third-order valence-corrected chi connectivity index (χ3v) is 4.36. The first kappa shape index (κ1) is 17.2. The average molecular weight is 348 g/mol. The van der Waals surface area contributed by atoms with Crippen LogP contribution < -0.4 is 11.2 Å². The van der Waals surface area contributed by atoms with E-state index in [0.717, 1.165) is 23.8 Å². The Balaban J connectivity index is 2.15. The molecular formula is C15H19F3N2O4. The van der Waals surface area contributed by atoms with Crippen molar-refractivity contribution in [3.63, 3.8) is 0 Å². The average Bonchev–Trinajstić information content (AvgIpc) is 2.56. The van der Waals surface area contributed by atoms with Gasteiger partial charge in [0.1, 0.15) is 18.0 Å². The number of hydrogen-bond acceptors (Lipinski definition) is 4. The molecule has 0 amide bonds. The lowest BCUT2D eigenvalue weighted by Gasteiger charge is -2.29. The van der Waals surface area contributed by atoms with Crippen molar-refractivity contribution in [3.8, 4) is 0 Å². The fourth-order valence-electron chi connectivity index (χ4n) is 3.12. The van der Waals surface area contributed by atoms with Gasteiger partial charge in [-0.2, -0.15) is 13.2 Å². The van der Waals surface area contributed by atoms with E-state index < -0.39 is 35.4 Å². The molecular weight excluding hydrogens is 329 g/mol. The van der Waals surface area contributed by atoms with Crippen molar-refractivity contribution in [2.24, 2.45) is 0 Å². The van der Waals surface area contributed by atoms with E-state index in [1.807, 2.05) is 0 Å². The van der Waals surface area contributed by atoms with E-state index in [4.69, 9.17) is 9.47 Å². The molecule has 24 heavy (non-hydrogen) atoms. The van der Waals surface area contributed by atoms with Crippen molar-refractivity contribution in [1.82, 2.24) is 9.13 Å². The summed E-state index contributed by atoms with van der Waals surface area (Å²) in [5.41, 5.74) is -3.54. The minimum absolute atomic E-state index is 0.312. The normalized spacial score (nSPS) is 25.6. The van der Waals surface area contributed by atoms with Gasteiger partial charge in [-0.15, -0.1) is 0 Å². The summed E-state index contributed by atoms with van der Waals surface area (Å²) in [5.74, 6) is 0. The second kappa shape index (κ2) is 6.72. The highest BCUT2D eigenvalue weighted by molar-refractivity contribution is 5.11. The summed E-state index contributed by atoms with van der Waals surface area (Å²) in [7, 11) is 0. The first-order chi connectivity index (χ1) is 11.4. The van der Waals surface area contributed by atoms with Crippen LogP contribution in [0.15, 0.2) is 15.8 Å². The summed E-state index contributed by atoms with van der Waals surface area (Å²) in [5, 5.41) is 0. The predicted octanol–water partition coefficient (Wildman–Crippen LogP) is 2.43. The standard InChI is InChI=1S/C15H19F3N2O4/c16-15(17,18)10-9-19(11-5-1-3-7-23-11)14(22)20(13(10)21)12-6-2-4-8-24-12/h9,11-12H,1-8H2. The van der Waals surface area contributed by atoms with Gasteiger partial charge >= 0.3 is 11.9 Å². The number of nitrogens with zero attached hydrogens (tertiary/aromatic N) is 2. The summed E-state index contributed by atoms with van der Waals surface area (Å²) < 4.78 is 52.1. The summed E-state index contributed by atoms with van der Waals surface area (Å²) in [6.45, 7) is 0.685. The highest BCUT2D eigenvalue weighted by Gasteiger charge is 2.38. The molecule has 9 heteroatoms. The summed E-state index contributed by atoms with van der Waals surface area (Å²) in [4.78, 5) is 24.9. The van der Waals surface area contributed by atoms with E-state index in [1.54, 1.807) is 0 Å². The van der Waals surface area contributed by atoms with Gasteiger partial charge in [0.15, 0.2) is 0 Å². The second-order valence-corrected chi connectivity index (χ2v) is 6.05. The molecule has 2 fully saturated rings. The van der Waals surface area contributed by atoms with Gasteiger partial charge in [-0.25, -0.2) is 9.36 Å². The molecule has 2 unspecified atom stereocenters. The lowest BCUT2D eigenvalue weighted by atomic mass is 10.1. The molecule has 0 spiro atoms. The van der Waals surface area contributed by atoms with Crippen molar-refractivity contribution >= 4 is 0 Å². The molecule has 0 N–H and O–H groups in total. The van der Waals surface area contributed by atoms with E-state index in [-0.39, 0.29) is 0 Å². The Morgan fingerprint density at radius 2 is 1.54 bits per heavy atom. The third kappa shape index (κ3) is 3.27. The Bertz CT molecular complexity index is 698. The van der Waals surface area contributed by atoms with Gasteiger partial charge in [-0.05, 0) is 38.5 Å². The Morgan fingerprint density at radius 1 is 0.958 bits per heavy atom. The third-order valence-electron chi connectivity index (χ3n) is 4.36. The van der Waals surface area contributed by atoms with Crippen LogP contribution >= 0.6 is 0 Å². The van der Waals surface area contributed by atoms with Crippen LogP contribution in [0.1, 0.15) is 56.5 Å². The minimum Gasteiger partial charge on any atom is -0.358 e. The zero-order valence-electron chi connectivity index (χ0n) is 13.1. The van der Waals surface area contributed by atoms with Crippen LogP contribution in [0.3, 0.4) is 0 Å². The predicted molar refractivity (Wildman–Crippen MR) is 77.6 cm³/mol. The highest BCUT2D eigenvalue weighted by Crippen LogP contribution is 2.29. The van der Waals surface area contributed by atoms with E-state index >= 15 is 0 Å². The molecule has 6 nitrogen and oxygen atoms in total. The van der Waals surface area contributed by atoms with E-state index in [1.165, 1.54) is 0 Å². The van der Waals surface area contributed by atoms with E-state index in [0.29, 0.717) is 43.2 Å². The molecule has 0 bridgehead atoms. The Morgan fingerprint density at radius 3 is 2.04 bits per heavy atom. The zero-order chi connectivity index (χ0) is 17.3. The van der Waals surface area contributed by atoms with Crippen LogP contribution in [0.4, 0.5) is 13.2 Å². The lowest BCUT2D eigenvalue weighted by Crippen LogP contribution is -2.47. The highest BCUT2D eigenvalue weighted by atomic mass is 19.4. The fraction of sp³-hybridized carbons (Fsp3) is 0.733. The van der Waals surface area contributed by atoms with Gasteiger partial charge in [-0.1, -0.05) is 0 Å². The van der Waals surface area contributed by atoms with Gasteiger partial charge in [0.25, 0.3) is 5.56 Å². The van der Waals surface area contributed by atoms with Crippen molar-refractivity contribution in [2.45, 2.75) is 57.2 Å². The Labute approximate surface area is 135 Å². The van der Waals surface area contributed by atoms with Crippen LogP contribution in [-0.4, -0.2) is 22.3 Å². The molecule has 1 aromatic heterocycles. The van der Waals surface area contributed by atoms with Gasteiger partial charge in [-0.3, -0.25) is 9.36 Å². The number of aromatic nitrogens is 2. The van der Waals surface area contributed by atoms with Crippen molar-refractivity contribution in [1.29, 1.82) is 0 Å². The maximum atomic E-state index is 13.3. The monoisotopic (exact) mass is 348 g/mol. The number of ether oxygens (including phenoxy) is 2. The van der Waals surface area contributed by atoms with Crippen LogP contribution in [0.5, 0.6) is 0 Å². The maximum Gasteiger partial charge on any atom is 0.423 e.